The van der Waals surface area contributed by atoms with Crippen LogP contribution in [0.25, 0.3) is 0 Å². The SMILES string of the molecule is COc1ccc(S(=O)(=O)Nc2ccc(C(=O)Nc3cccc(Br)c3)cc2)cc1. The number of carbonyl (C=O) groups excluding carboxylic acids is 1. The molecule has 0 aromatic heterocycles. The normalized spacial score (nSPS) is 10.9. The summed E-state index contributed by atoms with van der Waals surface area (Å²) in [7, 11) is -2.23. The first-order chi connectivity index (χ1) is 13.4. The lowest BCUT2D eigenvalue weighted by atomic mass is 10.2. The summed E-state index contributed by atoms with van der Waals surface area (Å²) < 4.78 is 33.3. The van der Waals surface area contributed by atoms with Crippen molar-refractivity contribution in [3.8, 4) is 5.75 Å². The summed E-state index contributed by atoms with van der Waals surface area (Å²) in [5.74, 6) is 0.280. The fourth-order valence-electron chi connectivity index (χ4n) is 2.43. The standard InChI is InChI=1S/C20H17BrN2O4S/c1-27-18-9-11-19(12-10-18)28(25,26)23-16-7-5-14(6-8-16)20(24)22-17-4-2-3-15(21)13-17/h2-13,23H,1H3,(H,22,24). The molecule has 0 heterocycles. The number of carbonyl (C=O) groups is 1. The highest BCUT2D eigenvalue weighted by molar-refractivity contribution is 9.10. The Kier molecular flexibility index (Phi) is 6.01. The van der Waals surface area contributed by atoms with Crippen LogP contribution >= 0.6 is 15.9 Å². The maximum Gasteiger partial charge on any atom is 0.261 e. The number of ether oxygens (including phenoxy) is 1. The minimum atomic E-state index is -3.74. The predicted octanol–water partition coefficient (Wildman–Crippen LogP) is 4.51. The number of hydrogen-bond donors (Lipinski definition) is 2. The topological polar surface area (TPSA) is 84.5 Å². The molecule has 0 unspecified atom stereocenters. The van der Waals surface area contributed by atoms with E-state index in [0.29, 0.717) is 22.7 Å². The predicted molar refractivity (Wildman–Crippen MR) is 112 cm³/mol. The number of amides is 1. The van der Waals surface area contributed by atoms with E-state index >= 15 is 0 Å². The summed E-state index contributed by atoms with van der Waals surface area (Å²) in [6, 6.07) is 19.5. The zero-order valence-corrected chi connectivity index (χ0v) is 17.2. The minimum Gasteiger partial charge on any atom is -0.497 e. The van der Waals surface area contributed by atoms with Crippen LogP contribution < -0.4 is 14.8 Å². The van der Waals surface area contributed by atoms with Gasteiger partial charge in [-0.15, -0.1) is 0 Å². The molecule has 6 nitrogen and oxygen atoms in total. The molecule has 0 aliphatic carbocycles. The van der Waals surface area contributed by atoms with Crippen LogP contribution in [0.15, 0.2) is 82.2 Å². The Labute approximate surface area is 171 Å². The Morgan fingerprint density at radius 3 is 2.21 bits per heavy atom. The maximum atomic E-state index is 12.5. The van der Waals surface area contributed by atoms with Crippen LogP contribution in [-0.2, 0) is 10.0 Å². The molecule has 3 rings (SSSR count). The number of rotatable bonds is 6. The Bertz CT molecular complexity index is 1080. The molecule has 1 amide bonds. The summed E-state index contributed by atoms with van der Waals surface area (Å²) in [6.07, 6.45) is 0. The Morgan fingerprint density at radius 2 is 1.61 bits per heavy atom. The van der Waals surface area contributed by atoms with E-state index in [-0.39, 0.29) is 10.8 Å². The first-order valence-corrected chi connectivity index (χ1v) is 10.5. The Hall–Kier alpha value is -2.84. The van der Waals surface area contributed by atoms with Gasteiger partial charge in [0.05, 0.1) is 12.0 Å². The number of hydrogen-bond acceptors (Lipinski definition) is 4. The zero-order valence-electron chi connectivity index (χ0n) is 14.8. The van der Waals surface area contributed by atoms with Gasteiger partial charge < -0.3 is 10.1 Å². The van der Waals surface area contributed by atoms with Crippen molar-refractivity contribution in [2.24, 2.45) is 0 Å². The van der Waals surface area contributed by atoms with Crippen LogP contribution in [0.4, 0.5) is 11.4 Å². The second-order valence-corrected chi connectivity index (χ2v) is 8.42. The van der Waals surface area contributed by atoms with E-state index < -0.39 is 10.0 Å². The highest BCUT2D eigenvalue weighted by atomic mass is 79.9. The van der Waals surface area contributed by atoms with Gasteiger partial charge in [-0.3, -0.25) is 9.52 Å². The highest BCUT2D eigenvalue weighted by Crippen LogP contribution is 2.20. The first kappa shape index (κ1) is 19.9. The number of methoxy groups -OCH3 is 1. The van der Waals surface area contributed by atoms with Crippen LogP contribution in [0, 0.1) is 0 Å². The molecule has 0 radical (unpaired) electrons. The van der Waals surface area contributed by atoms with Crippen LogP contribution in [0.5, 0.6) is 5.75 Å². The van der Waals surface area contributed by atoms with E-state index in [9.17, 15) is 13.2 Å². The Morgan fingerprint density at radius 1 is 0.929 bits per heavy atom. The first-order valence-electron chi connectivity index (χ1n) is 8.21. The monoisotopic (exact) mass is 460 g/mol. The van der Waals surface area contributed by atoms with E-state index in [1.807, 2.05) is 12.1 Å². The molecule has 0 bridgehead atoms. The summed E-state index contributed by atoms with van der Waals surface area (Å²) in [5, 5.41) is 2.78. The van der Waals surface area contributed by atoms with Gasteiger partial charge >= 0.3 is 0 Å². The van der Waals surface area contributed by atoms with Crippen LogP contribution in [0.2, 0.25) is 0 Å². The molecule has 0 atom stereocenters. The van der Waals surface area contributed by atoms with Gasteiger partial charge in [-0.2, -0.15) is 0 Å². The van der Waals surface area contributed by atoms with Crippen molar-refractivity contribution in [2.45, 2.75) is 4.90 Å². The molecule has 0 spiro atoms. The quantitative estimate of drug-likeness (QED) is 0.566. The third-order valence-electron chi connectivity index (χ3n) is 3.85. The van der Waals surface area contributed by atoms with Gasteiger partial charge in [-0.1, -0.05) is 22.0 Å². The third kappa shape index (κ3) is 4.90. The molecule has 144 valence electrons. The molecule has 2 N–H and O–H groups in total. The number of anilines is 2. The molecule has 0 aliphatic heterocycles. The lowest BCUT2D eigenvalue weighted by Gasteiger charge is -2.10. The molecule has 3 aromatic rings. The van der Waals surface area contributed by atoms with Gasteiger partial charge in [0.15, 0.2) is 0 Å². The molecule has 8 heteroatoms. The smallest absolute Gasteiger partial charge is 0.261 e. The second kappa shape index (κ2) is 8.45. The van der Waals surface area contributed by atoms with E-state index in [2.05, 4.69) is 26.0 Å². The van der Waals surface area contributed by atoms with Crippen LogP contribution in [-0.4, -0.2) is 21.4 Å². The van der Waals surface area contributed by atoms with Gasteiger partial charge in [0.1, 0.15) is 5.75 Å². The molecule has 0 aliphatic rings. The summed E-state index contributed by atoms with van der Waals surface area (Å²) >= 11 is 3.35. The molecular weight excluding hydrogens is 444 g/mol. The van der Waals surface area contributed by atoms with Crippen molar-refractivity contribution in [3.63, 3.8) is 0 Å². The molecule has 0 saturated carbocycles. The molecule has 3 aromatic carbocycles. The van der Waals surface area contributed by atoms with E-state index in [4.69, 9.17) is 4.74 Å². The van der Waals surface area contributed by atoms with Gasteiger partial charge in [0, 0.05) is 21.4 Å². The fraction of sp³-hybridized carbons (Fsp3) is 0.0500. The van der Waals surface area contributed by atoms with Crippen molar-refractivity contribution < 1.29 is 17.9 Å². The van der Waals surface area contributed by atoms with Crippen LogP contribution in [0.1, 0.15) is 10.4 Å². The van der Waals surface area contributed by atoms with E-state index in [1.165, 1.54) is 31.4 Å². The number of halogens is 1. The zero-order chi connectivity index (χ0) is 20.1. The van der Waals surface area contributed by atoms with Crippen LogP contribution in [0.3, 0.4) is 0 Å². The summed E-state index contributed by atoms with van der Waals surface area (Å²) in [6.45, 7) is 0. The van der Waals surface area contributed by atoms with Gasteiger partial charge in [-0.25, -0.2) is 8.42 Å². The lowest BCUT2D eigenvalue weighted by molar-refractivity contribution is 0.102. The molecule has 0 fully saturated rings. The van der Waals surface area contributed by atoms with E-state index in [0.717, 1.165) is 4.47 Å². The van der Waals surface area contributed by atoms with Crippen molar-refractivity contribution in [1.82, 2.24) is 0 Å². The van der Waals surface area contributed by atoms with Crippen molar-refractivity contribution >= 4 is 43.2 Å². The molecular formula is C20H17BrN2O4S. The highest BCUT2D eigenvalue weighted by Gasteiger charge is 2.15. The third-order valence-corrected chi connectivity index (χ3v) is 5.74. The lowest BCUT2D eigenvalue weighted by Crippen LogP contribution is -2.14. The van der Waals surface area contributed by atoms with Gasteiger partial charge in [0.25, 0.3) is 15.9 Å². The largest absolute Gasteiger partial charge is 0.497 e. The average molecular weight is 461 g/mol. The van der Waals surface area contributed by atoms with Gasteiger partial charge in [-0.05, 0) is 66.7 Å². The molecule has 28 heavy (non-hydrogen) atoms. The van der Waals surface area contributed by atoms with Crippen molar-refractivity contribution in [3.05, 3.63) is 82.8 Å². The fourth-order valence-corrected chi connectivity index (χ4v) is 3.89. The minimum absolute atomic E-state index is 0.116. The summed E-state index contributed by atoms with van der Waals surface area (Å²) in [4.78, 5) is 12.4. The van der Waals surface area contributed by atoms with Crippen molar-refractivity contribution in [2.75, 3.05) is 17.1 Å². The van der Waals surface area contributed by atoms with Crippen molar-refractivity contribution in [1.29, 1.82) is 0 Å². The maximum absolute atomic E-state index is 12.5. The number of nitrogens with one attached hydrogen (secondary N) is 2. The van der Waals surface area contributed by atoms with E-state index in [1.54, 1.807) is 36.4 Å². The molecule has 0 saturated heterocycles. The second-order valence-electron chi connectivity index (χ2n) is 5.82. The number of benzene rings is 3. The Balaban J connectivity index is 1.70. The van der Waals surface area contributed by atoms with Gasteiger partial charge in [0.2, 0.25) is 0 Å². The number of sulfonamides is 1. The summed E-state index contributed by atoms with van der Waals surface area (Å²) in [5.41, 5.74) is 1.42. The average Bonchev–Trinajstić information content (AvgIpc) is 2.68.